The topological polar surface area (TPSA) is 24.1 Å². The quantitative estimate of drug-likeness (QED) is 0.872. The maximum atomic E-state index is 3.58. The van der Waals surface area contributed by atoms with Crippen LogP contribution < -0.4 is 10.6 Å². The van der Waals surface area contributed by atoms with Crippen molar-refractivity contribution in [2.24, 2.45) is 0 Å². The first-order valence-corrected chi connectivity index (χ1v) is 8.09. The number of fused-ring (bicyclic) bond motifs is 1. The van der Waals surface area contributed by atoms with Gasteiger partial charge in [0.15, 0.2) is 0 Å². The van der Waals surface area contributed by atoms with E-state index in [1.807, 2.05) is 11.8 Å². The highest BCUT2D eigenvalue weighted by Gasteiger charge is 2.13. The monoisotopic (exact) mass is 262 g/mol. The van der Waals surface area contributed by atoms with Gasteiger partial charge in [0.25, 0.3) is 0 Å². The van der Waals surface area contributed by atoms with E-state index in [1.165, 1.54) is 48.4 Å². The smallest absolute Gasteiger partial charge is 0.0206 e. The summed E-state index contributed by atoms with van der Waals surface area (Å²) >= 11 is 2.01. The van der Waals surface area contributed by atoms with Gasteiger partial charge in [0.1, 0.15) is 0 Å². The van der Waals surface area contributed by atoms with Crippen LogP contribution in [0.15, 0.2) is 23.1 Å². The van der Waals surface area contributed by atoms with Crippen molar-refractivity contribution in [2.45, 2.75) is 43.2 Å². The average Bonchev–Trinajstić information content (AvgIpc) is 2.92. The molecule has 2 aliphatic heterocycles. The molecule has 0 aliphatic carbocycles. The minimum atomic E-state index is 0.693. The molecule has 1 fully saturated rings. The van der Waals surface area contributed by atoms with E-state index in [-0.39, 0.29) is 0 Å². The van der Waals surface area contributed by atoms with Crippen molar-refractivity contribution < 1.29 is 0 Å². The molecule has 3 heteroatoms. The van der Waals surface area contributed by atoms with Crippen LogP contribution >= 0.6 is 11.8 Å². The Morgan fingerprint density at radius 3 is 3.22 bits per heavy atom. The zero-order valence-corrected chi connectivity index (χ0v) is 11.7. The summed E-state index contributed by atoms with van der Waals surface area (Å²) in [6.45, 7) is 3.31. The van der Waals surface area contributed by atoms with Gasteiger partial charge in [-0.1, -0.05) is 12.1 Å². The van der Waals surface area contributed by atoms with Crippen LogP contribution in [-0.2, 0) is 13.0 Å². The molecule has 2 nitrogen and oxygen atoms in total. The Bertz CT molecular complexity index is 399. The lowest BCUT2D eigenvalue weighted by atomic mass is 10.1. The second kappa shape index (κ2) is 6.09. The van der Waals surface area contributed by atoms with Crippen molar-refractivity contribution in [1.29, 1.82) is 0 Å². The summed E-state index contributed by atoms with van der Waals surface area (Å²) in [5.74, 6) is 1.29. The Morgan fingerprint density at radius 2 is 2.33 bits per heavy atom. The number of thioether (sulfide) groups is 1. The minimum Gasteiger partial charge on any atom is -0.313 e. The first-order valence-electron chi connectivity index (χ1n) is 7.10. The summed E-state index contributed by atoms with van der Waals surface area (Å²) in [6, 6.07) is 7.69. The number of hydrogen-bond acceptors (Lipinski definition) is 3. The standard InChI is InChI=1S/C15H22N2S/c1-4-14(17-7-1)11-16-10-12-5-6-15-13(9-12)3-2-8-18-15/h5-6,9,14,16-17H,1-4,7-8,10-11H2. The molecule has 1 unspecified atom stereocenters. The summed E-state index contributed by atoms with van der Waals surface area (Å²) in [6.07, 6.45) is 5.26. The summed E-state index contributed by atoms with van der Waals surface area (Å²) in [7, 11) is 0. The summed E-state index contributed by atoms with van der Waals surface area (Å²) in [4.78, 5) is 1.50. The molecule has 0 aromatic heterocycles. The molecule has 3 rings (SSSR count). The van der Waals surface area contributed by atoms with Gasteiger partial charge in [-0.2, -0.15) is 0 Å². The fourth-order valence-corrected chi connectivity index (χ4v) is 3.86. The molecule has 2 aliphatic rings. The van der Waals surface area contributed by atoms with Crippen LogP contribution in [-0.4, -0.2) is 24.9 Å². The van der Waals surface area contributed by atoms with Gasteiger partial charge in [0, 0.05) is 24.0 Å². The Labute approximate surface area is 114 Å². The van der Waals surface area contributed by atoms with E-state index in [2.05, 4.69) is 28.8 Å². The van der Waals surface area contributed by atoms with E-state index in [0.717, 1.165) is 13.1 Å². The highest BCUT2D eigenvalue weighted by atomic mass is 32.2. The van der Waals surface area contributed by atoms with Gasteiger partial charge in [-0.25, -0.2) is 0 Å². The van der Waals surface area contributed by atoms with E-state index in [4.69, 9.17) is 0 Å². The van der Waals surface area contributed by atoms with Gasteiger partial charge in [-0.3, -0.25) is 0 Å². The molecule has 2 N–H and O–H groups in total. The molecule has 2 heterocycles. The molecule has 1 aromatic carbocycles. The average molecular weight is 262 g/mol. The molecule has 1 atom stereocenters. The Kier molecular flexibility index (Phi) is 4.24. The predicted molar refractivity (Wildman–Crippen MR) is 78.2 cm³/mol. The molecule has 1 saturated heterocycles. The zero-order valence-electron chi connectivity index (χ0n) is 10.9. The summed E-state index contributed by atoms with van der Waals surface area (Å²) in [5.41, 5.74) is 3.00. The fraction of sp³-hybridized carbons (Fsp3) is 0.600. The molecule has 0 amide bonds. The molecule has 98 valence electrons. The Balaban J connectivity index is 1.52. The van der Waals surface area contributed by atoms with Crippen LogP contribution in [0.5, 0.6) is 0 Å². The van der Waals surface area contributed by atoms with Crippen LogP contribution in [0, 0.1) is 0 Å². The van der Waals surface area contributed by atoms with Gasteiger partial charge in [0.2, 0.25) is 0 Å². The van der Waals surface area contributed by atoms with Crippen LogP contribution in [0.4, 0.5) is 0 Å². The summed E-state index contributed by atoms with van der Waals surface area (Å²) in [5, 5.41) is 7.11. The predicted octanol–water partition coefficient (Wildman–Crippen LogP) is 2.57. The lowest BCUT2D eigenvalue weighted by molar-refractivity contribution is 0.535. The van der Waals surface area contributed by atoms with Crippen molar-refractivity contribution in [2.75, 3.05) is 18.8 Å². The van der Waals surface area contributed by atoms with E-state index in [0.29, 0.717) is 6.04 Å². The fourth-order valence-electron chi connectivity index (χ4n) is 2.85. The van der Waals surface area contributed by atoms with E-state index in [9.17, 15) is 0 Å². The largest absolute Gasteiger partial charge is 0.313 e. The molecule has 0 radical (unpaired) electrons. The van der Waals surface area contributed by atoms with Crippen LogP contribution in [0.2, 0.25) is 0 Å². The van der Waals surface area contributed by atoms with E-state index < -0.39 is 0 Å². The van der Waals surface area contributed by atoms with Gasteiger partial charge < -0.3 is 10.6 Å². The van der Waals surface area contributed by atoms with Crippen molar-refractivity contribution in [3.63, 3.8) is 0 Å². The van der Waals surface area contributed by atoms with Gasteiger partial charge >= 0.3 is 0 Å². The minimum absolute atomic E-state index is 0.693. The van der Waals surface area contributed by atoms with E-state index >= 15 is 0 Å². The molecule has 0 bridgehead atoms. The highest BCUT2D eigenvalue weighted by molar-refractivity contribution is 7.99. The normalized spacial score (nSPS) is 23.0. The number of rotatable bonds is 4. The lowest BCUT2D eigenvalue weighted by Crippen LogP contribution is -2.33. The second-order valence-electron chi connectivity index (χ2n) is 5.32. The molecular formula is C15H22N2S. The Hall–Kier alpha value is -0.510. The zero-order chi connectivity index (χ0) is 12.2. The van der Waals surface area contributed by atoms with Gasteiger partial charge in [-0.15, -0.1) is 11.8 Å². The Morgan fingerprint density at radius 1 is 1.33 bits per heavy atom. The lowest BCUT2D eigenvalue weighted by Gasteiger charge is -2.17. The van der Waals surface area contributed by atoms with Crippen molar-refractivity contribution >= 4 is 11.8 Å². The SMILES string of the molecule is c1cc2c(cc1CNCC1CCCN1)CCCS2. The number of aryl methyl sites for hydroxylation is 1. The van der Waals surface area contributed by atoms with Crippen LogP contribution in [0.1, 0.15) is 30.4 Å². The third-order valence-electron chi connectivity index (χ3n) is 3.86. The highest BCUT2D eigenvalue weighted by Crippen LogP contribution is 2.30. The maximum absolute atomic E-state index is 3.58. The second-order valence-corrected chi connectivity index (χ2v) is 6.46. The van der Waals surface area contributed by atoms with Crippen molar-refractivity contribution in [3.05, 3.63) is 29.3 Å². The van der Waals surface area contributed by atoms with E-state index in [1.54, 1.807) is 5.56 Å². The van der Waals surface area contributed by atoms with Crippen LogP contribution in [0.3, 0.4) is 0 Å². The first-order chi connectivity index (χ1) is 8.92. The van der Waals surface area contributed by atoms with Gasteiger partial charge in [0.05, 0.1) is 0 Å². The number of benzene rings is 1. The molecular weight excluding hydrogens is 240 g/mol. The third kappa shape index (κ3) is 3.08. The number of nitrogens with one attached hydrogen (secondary N) is 2. The van der Waals surface area contributed by atoms with Crippen molar-refractivity contribution in [3.8, 4) is 0 Å². The summed E-state index contributed by atoms with van der Waals surface area (Å²) < 4.78 is 0. The molecule has 0 spiro atoms. The molecule has 1 aromatic rings. The van der Waals surface area contributed by atoms with Crippen LogP contribution in [0.25, 0.3) is 0 Å². The molecule has 18 heavy (non-hydrogen) atoms. The van der Waals surface area contributed by atoms with Gasteiger partial charge in [-0.05, 0) is 55.2 Å². The third-order valence-corrected chi connectivity index (χ3v) is 5.06. The molecule has 0 saturated carbocycles. The number of hydrogen-bond donors (Lipinski definition) is 2. The first kappa shape index (κ1) is 12.5. The maximum Gasteiger partial charge on any atom is 0.0206 e. The van der Waals surface area contributed by atoms with Crippen molar-refractivity contribution in [1.82, 2.24) is 10.6 Å².